The maximum Gasteiger partial charge on any atom is 0.244 e. The summed E-state index contributed by atoms with van der Waals surface area (Å²) in [5.41, 5.74) is 2.55. The average Bonchev–Trinajstić information content (AvgIpc) is 2.55. The van der Waals surface area contributed by atoms with Gasteiger partial charge in [0.15, 0.2) is 0 Å². The van der Waals surface area contributed by atoms with Crippen LogP contribution in [0, 0.1) is 31.6 Å². The topological polar surface area (TPSA) is 66.5 Å². The Balaban J connectivity index is 1.58. The van der Waals surface area contributed by atoms with Crippen molar-refractivity contribution in [3.8, 4) is 0 Å². The summed E-state index contributed by atoms with van der Waals surface area (Å²) in [4.78, 5) is 13.2. The van der Waals surface area contributed by atoms with E-state index in [9.17, 15) is 13.2 Å². The fourth-order valence-corrected chi connectivity index (χ4v) is 7.47. The van der Waals surface area contributed by atoms with Gasteiger partial charge in [0.1, 0.15) is 6.04 Å². The van der Waals surface area contributed by atoms with Crippen LogP contribution in [0.4, 0.5) is 5.69 Å². The van der Waals surface area contributed by atoms with E-state index in [-0.39, 0.29) is 11.4 Å². The van der Waals surface area contributed by atoms with Gasteiger partial charge in [-0.15, -0.1) is 0 Å². The summed E-state index contributed by atoms with van der Waals surface area (Å²) in [6.45, 7) is 5.65. The highest BCUT2D eigenvalue weighted by atomic mass is 32.2. The highest BCUT2D eigenvalue weighted by Crippen LogP contribution is 2.55. The van der Waals surface area contributed by atoms with Crippen molar-refractivity contribution in [2.45, 2.75) is 70.9 Å². The summed E-state index contributed by atoms with van der Waals surface area (Å²) in [6.07, 6.45) is 8.27. The number of carbonyl (C=O) groups is 1. The van der Waals surface area contributed by atoms with Crippen LogP contribution in [0.1, 0.15) is 56.6 Å². The molecule has 28 heavy (non-hydrogen) atoms. The molecule has 6 heteroatoms. The lowest BCUT2D eigenvalue weighted by molar-refractivity contribution is -0.127. The summed E-state index contributed by atoms with van der Waals surface area (Å²) in [5.74, 6) is 2.01. The standard InChI is InChI=1S/C22H32N2O3S/c1-14-5-6-20(7-15(14)2)24(28(4,26)27)16(3)21(25)23-22-11-17-8-18(12-22)10-19(9-17)13-22/h5-7,16-19H,8-13H2,1-4H3,(H,23,25)/t16-,17?,18?,19?,22?/m1/s1. The zero-order valence-electron chi connectivity index (χ0n) is 17.4. The second kappa shape index (κ2) is 6.75. The molecule has 1 amide bonds. The van der Waals surface area contributed by atoms with Gasteiger partial charge in [-0.25, -0.2) is 8.42 Å². The van der Waals surface area contributed by atoms with Crippen LogP contribution < -0.4 is 9.62 Å². The maximum absolute atomic E-state index is 13.2. The lowest BCUT2D eigenvalue weighted by Crippen LogP contribution is -2.62. The van der Waals surface area contributed by atoms with Crippen molar-refractivity contribution in [3.05, 3.63) is 29.3 Å². The molecule has 0 aromatic heterocycles. The van der Waals surface area contributed by atoms with E-state index in [1.165, 1.54) is 29.8 Å². The Kier molecular flexibility index (Phi) is 4.76. The summed E-state index contributed by atoms with van der Waals surface area (Å²) in [5, 5.41) is 3.33. The summed E-state index contributed by atoms with van der Waals surface area (Å²) in [6, 6.07) is 4.78. The number of nitrogens with zero attached hydrogens (tertiary/aromatic N) is 1. The molecule has 4 fully saturated rings. The molecule has 0 saturated heterocycles. The average molecular weight is 405 g/mol. The molecule has 0 heterocycles. The molecule has 4 aliphatic carbocycles. The van der Waals surface area contributed by atoms with E-state index in [1.54, 1.807) is 13.0 Å². The first-order chi connectivity index (χ1) is 13.1. The number of benzene rings is 1. The third-order valence-corrected chi connectivity index (χ3v) is 8.50. The van der Waals surface area contributed by atoms with Crippen molar-refractivity contribution in [3.63, 3.8) is 0 Å². The Morgan fingerprint density at radius 2 is 1.61 bits per heavy atom. The Labute approximate surface area is 168 Å². The lowest BCUT2D eigenvalue weighted by Gasteiger charge is -2.57. The van der Waals surface area contributed by atoms with E-state index in [0.29, 0.717) is 5.69 Å². The number of nitrogens with one attached hydrogen (secondary N) is 1. The summed E-state index contributed by atoms with van der Waals surface area (Å²) < 4.78 is 26.4. The number of amides is 1. The van der Waals surface area contributed by atoms with Gasteiger partial charge in [0.05, 0.1) is 11.9 Å². The van der Waals surface area contributed by atoms with Crippen molar-refractivity contribution in [2.24, 2.45) is 17.8 Å². The largest absolute Gasteiger partial charge is 0.349 e. The number of aryl methyl sites for hydroxylation is 2. The third-order valence-electron chi connectivity index (χ3n) is 7.26. The Bertz CT molecular complexity index is 858. The number of carbonyl (C=O) groups excluding carboxylic acids is 1. The normalized spacial score (nSPS) is 32.2. The van der Waals surface area contributed by atoms with Gasteiger partial charge in [-0.1, -0.05) is 6.07 Å². The van der Waals surface area contributed by atoms with Gasteiger partial charge in [-0.05, 0) is 100 Å². The van der Waals surface area contributed by atoms with Gasteiger partial charge in [0, 0.05) is 5.54 Å². The molecule has 5 rings (SSSR count). The van der Waals surface area contributed by atoms with Crippen molar-refractivity contribution >= 4 is 21.6 Å². The summed E-state index contributed by atoms with van der Waals surface area (Å²) >= 11 is 0. The second-order valence-corrected chi connectivity index (χ2v) is 11.5. The zero-order valence-corrected chi connectivity index (χ0v) is 18.2. The van der Waals surface area contributed by atoms with Gasteiger partial charge in [0.2, 0.25) is 15.9 Å². The minimum absolute atomic E-state index is 0.119. The molecule has 0 aliphatic heterocycles. The monoisotopic (exact) mass is 404 g/mol. The molecule has 0 radical (unpaired) electrons. The molecular weight excluding hydrogens is 372 g/mol. The molecule has 0 spiro atoms. The SMILES string of the molecule is Cc1ccc(N([C@H](C)C(=O)NC23CC4CC(CC(C4)C2)C3)S(C)(=O)=O)cc1C. The summed E-state index contributed by atoms with van der Waals surface area (Å²) in [7, 11) is -3.59. The van der Waals surface area contributed by atoms with Gasteiger partial charge >= 0.3 is 0 Å². The molecule has 5 nitrogen and oxygen atoms in total. The molecule has 154 valence electrons. The van der Waals surface area contributed by atoms with Crippen molar-refractivity contribution in [1.29, 1.82) is 0 Å². The van der Waals surface area contributed by atoms with Crippen LogP contribution in [0.15, 0.2) is 18.2 Å². The van der Waals surface area contributed by atoms with Crippen LogP contribution in [0.5, 0.6) is 0 Å². The van der Waals surface area contributed by atoms with Crippen LogP contribution in [0.3, 0.4) is 0 Å². The van der Waals surface area contributed by atoms with Crippen molar-refractivity contribution in [2.75, 3.05) is 10.6 Å². The fourth-order valence-electron chi connectivity index (χ4n) is 6.30. The number of anilines is 1. The highest BCUT2D eigenvalue weighted by Gasteiger charge is 2.52. The molecule has 1 aromatic rings. The molecule has 1 N–H and O–H groups in total. The lowest BCUT2D eigenvalue weighted by atomic mass is 9.53. The predicted molar refractivity (Wildman–Crippen MR) is 112 cm³/mol. The smallest absolute Gasteiger partial charge is 0.244 e. The highest BCUT2D eigenvalue weighted by molar-refractivity contribution is 7.92. The number of hydrogen-bond donors (Lipinski definition) is 1. The first kappa shape index (κ1) is 19.7. The first-order valence-electron chi connectivity index (χ1n) is 10.4. The van der Waals surface area contributed by atoms with Crippen LogP contribution in [-0.2, 0) is 14.8 Å². The van der Waals surface area contributed by atoms with E-state index in [2.05, 4.69) is 5.32 Å². The van der Waals surface area contributed by atoms with E-state index >= 15 is 0 Å². The zero-order chi connectivity index (χ0) is 20.3. The van der Waals surface area contributed by atoms with Crippen LogP contribution >= 0.6 is 0 Å². The molecule has 1 atom stereocenters. The Hall–Kier alpha value is -1.56. The second-order valence-electron chi connectivity index (χ2n) is 9.69. The Morgan fingerprint density at radius 1 is 1.07 bits per heavy atom. The van der Waals surface area contributed by atoms with Crippen LogP contribution in [-0.4, -0.2) is 32.2 Å². The van der Waals surface area contributed by atoms with Gasteiger partial charge in [-0.2, -0.15) is 0 Å². The quantitative estimate of drug-likeness (QED) is 0.816. The van der Waals surface area contributed by atoms with Gasteiger partial charge in [0.25, 0.3) is 0 Å². The minimum Gasteiger partial charge on any atom is -0.349 e. The van der Waals surface area contributed by atoms with E-state index in [0.717, 1.165) is 48.1 Å². The number of hydrogen-bond acceptors (Lipinski definition) is 3. The van der Waals surface area contributed by atoms with E-state index in [4.69, 9.17) is 0 Å². The minimum atomic E-state index is -3.59. The molecule has 4 aliphatic rings. The number of rotatable bonds is 5. The molecule has 0 unspecified atom stereocenters. The van der Waals surface area contributed by atoms with Gasteiger partial charge in [-0.3, -0.25) is 9.10 Å². The molecule has 4 saturated carbocycles. The predicted octanol–water partition coefficient (Wildman–Crippen LogP) is 3.54. The Morgan fingerprint density at radius 3 is 2.07 bits per heavy atom. The van der Waals surface area contributed by atoms with Crippen LogP contribution in [0.2, 0.25) is 0 Å². The molecule has 4 bridgehead atoms. The van der Waals surface area contributed by atoms with E-state index < -0.39 is 16.1 Å². The third kappa shape index (κ3) is 3.56. The van der Waals surface area contributed by atoms with E-state index in [1.807, 2.05) is 26.0 Å². The maximum atomic E-state index is 13.2. The number of sulfonamides is 1. The van der Waals surface area contributed by atoms with Crippen LogP contribution in [0.25, 0.3) is 0 Å². The van der Waals surface area contributed by atoms with Crippen molar-refractivity contribution < 1.29 is 13.2 Å². The fraction of sp³-hybridized carbons (Fsp3) is 0.682. The first-order valence-corrected chi connectivity index (χ1v) is 12.3. The molecular formula is C22H32N2O3S. The molecule has 1 aromatic carbocycles. The van der Waals surface area contributed by atoms with Crippen molar-refractivity contribution in [1.82, 2.24) is 5.32 Å². The van der Waals surface area contributed by atoms with Gasteiger partial charge < -0.3 is 5.32 Å².